The van der Waals surface area contributed by atoms with Crippen molar-refractivity contribution in [1.82, 2.24) is 10.6 Å². The molecule has 2 amide bonds. The van der Waals surface area contributed by atoms with Gasteiger partial charge in [-0.3, -0.25) is 0 Å². The molecule has 0 unspecified atom stereocenters. The van der Waals surface area contributed by atoms with E-state index >= 15 is 0 Å². The van der Waals surface area contributed by atoms with Gasteiger partial charge in [0.15, 0.2) is 0 Å². The van der Waals surface area contributed by atoms with E-state index in [9.17, 15) is 14.0 Å². The predicted octanol–water partition coefficient (Wildman–Crippen LogP) is 5.80. The molecule has 2 aromatic carbocycles. The molecule has 0 radical (unpaired) electrons. The summed E-state index contributed by atoms with van der Waals surface area (Å²) in [7, 11) is 2.79. The average molecular weight is 568 g/mol. The van der Waals surface area contributed by atoms with E-state index in [-0.39, 0.29) is 18.7 Å². The molecule has 2 aromatic rings. The molecule has 0 heterocycles. The lowest BCUT2D eigenvalue weighted by atomic mass is 9.94. The van der Waals surface area contributed by atoms with Crippen LogP contribution in [-0.4, -0.2) is 56.7 Å². The fraction of sp³-hybridized carbons (Fsp3) is 0.500. The van der Waals surface area contributed by atoms with Crippen molar-refractivity contribution >= 4 is 29.5 Å². The smallest absolute Gasteiger partial charge is 0.407 e. The number of alkyl carbamates (subject to hydrolysis) is 2. The van der Waals surface area contributed by atoms with Crippen molar-refractivity contribution in [3.63, 3.8) is 0 Å². The molecule has 0 atom stereocenters. The lowest BCUT2D eigenvalue weighted by Gasteiger charge is -2.35. The van der Waals surface area contributed by atoms with Crippen molar-refractivity contribution in [2.24, 2.45) is 0 Å². The maximum atomic E-state index is 15.0. The van der Waals surface area contributed by atoms with Crippen LogP contribution in [0.4, 0.5) is 19.7 Å². The van der Waals surface area contributed by atoms with E-state index in [1.54, 1.807) is 77.9 Å². The maximum absolute atomic E-state index is 15.0. The first-order valence-electron chi connectivity index (χ1n) is 12.5. The van der Waals surface area contributed by atoms with Gasteiger partial charge in [0.25, 0.3) is 0 Å². The number of amides is 2. The molecule has 2 rings (SSSR count). The molecule has 0 aliphatic rings. The molecule has 216 valence electrons. The number of hydrogen-bond acceptors (Lipinski definition) is 7. The highest BCUT2D eigenvalue weighted by Crippen LogP contribution is 2.40. The van der Waals surface area contributed by atoms with Gasteiger partial charge >= 0.3 is 12.2 Å². The van der Waals surface area contributed by atoms with Crippen LogP contribution in [0, 0.1) is 5.82 Å². The fourth-order valence-electron chi connectivity index (χ4n) is 3.75. The molecule has 0 saturated carbocycles. The molecule has 0 aliphatic carbocycles. The molecular formula is C28H39ClFN3O6. The third-order valence-corrected chi connectivity index (χ3v) is 5.52. The van der Waals surface area contributed by atoms with Crippen LogP contribution in [0.2, 0.25) is 5.02 Å². The van der Waals surface area contributed by atoms with Gasteiger partial charge in [-0.25, -0.2) is 14.0 Å². The summed E-state index contributed by atoms with van der Waals surface area (Å²) >= 11 is 6.35. The van der Waals surface area contributed by atoms with Gasteiger partial charge in [-0.15, -0.1) is 0 Å². The molecule has 0 saturated heterocycles. The highest BCUT2D eigenvalue weighted by atomic mass is 35.5. The Morgan fingerprint density at radius 2 is 1.36 bits per heavy atom. The second-order valence-corrected chi connectivity index (χ2v) is 11.2. The summed E-state index contributed by atoms with van der Waals surface area (Å²) in [6.45, 7) is 10.6. The second-order valence-electron chi connectivity index (χ2n) is 10.8. The van der Waals surface area contributed by atoms with Crippen molar-refractivity contribution in [2.45, 2.75) is 64.6 Å². The topological polar surface area (TPSA) is 107 Å². The minimum absolute atomic E-state index is 0.0550. The van der Waals surface area contributed by atoms with E-state index in [1.165, 1.54) is 20.3 Å². The van der Waals surface area contributed by atoms with Crippen molar-refractivity contribution in [2.75, 3.05) is 32.6 Å². The van der Waals surface area contributed by atoms with Gasteiger partial charge in [0.1, 0.15) is 17.0 Å². The summed E-state index contributed by atoms with van der Waals surface area (Å²) in [5.41, 5.74) is -0.406. The summed E-state index contributed by atoms with van der Waals surface area (Å²) < 4.78 is 37.2. The van der Waals surface area contributed by atoms with Crippen LogP contribution in [0.15, 0.2) is 42.5 Å². The molecule has 0 aromatic heterocycles. The van der Waals surface area contributed by atoms with E-state index in [1.807, 2.05) is 0 Å². The zero-order chi connectivity index (χ0) is 29.4. The van der Waals surface area contributed by atoms with E-state index in [0.717, 1.165) is 0 Å². The van der Waals surface area contributed by atoms with Gasteiger partial charge in [-0.1, -0.05) is 29.8 Å². The Morgan fingerprint density at radius 3 is 1.82 bits per heavy atom. The van der Waals surface area contributed by atoms with Gasteiger partial charge in [-0.05, 0) is 65.8 Å². The molecule has 0 fully saturated rings. The maximum Gasteiger partial charge on any atom is 0.407 e. The number of carbonyl (C=O) groups is 2. The first-order valence-corrected chi connectivity index (χ1v) is 12.8. The Kier molecular flexibility index (Phi) is 11.0. The first kappa shape index (κ1) is 32.1. The zero-order valence-corrected chi connectivity index (χ0v) is 24.5. The third kappa shape index (κ3) is 9.56. The van der Waals surface area contributed by atoms with Crippen LogP contribution in [0.1, 0.15) is 52.7 Å². The SMILES string of the molecule is COC(OC)(c1ccccc1F)c1cc(Cl)ccc1NC(CNC(=O)OC(C)(C)C)CNC(=O)OC(C)(C)C. The minimum Gasteiger partial charge on any atom is -0.444 e. The van der Waals surface area contributed by atoms with Gasteiger partial charge in [0.2, 0.25) is 5.79 Å². The summed E-state index contributed by atoms with van der Waals surface area (Å²) in [4.78, 5) is 24.7. The number of benzene rings is 2. The first-order chi connectivity index (χ1) is 18.1. The largest absolute Gasteiger partial charge is 0.444 e. The summed E-state index contributed by atoms with van der Waals surface area (Å²) in [6.07, 6.45) is -1.25. The second kappa shape index (κ2) is 13.3. The van der Waals surface area contributed by atoms with E-state index in [4.69, 9.17) is 30.5 Å². The Morgan fingerprint density at radius 1 is 0.846 bits per heavy atom. The Balaban J connectivity index is 2.44. The Bertz CT molecular complexity index is 1100. The monoisotopic (exact) mass is 567 g/mol. The molecule has 0 aliphatic heterocycles. The highest BCUT2D eigenvalue weighted by molar-refractivity contribution is 6.30. The van der Waals surface area contributed by atoms with Crippen molar-refractivity contribution in [1.29, 1.82) is 0 Å². The Labute approximate surface area is 234 Å². The van der Waals surface area contributed by atoms with E-state index in [0.29, 0.717) is 16.3 Å². The standard InChI is InChI=1S/C28H39ClFN3O6/c1-26(2,3)38-24(34)31-16-19(17-32-25(35)39-27(4,5)6)33-23-14-13-18(29)15-21(23)28(36-7,37-8)20-11-9-10-12-22(20)30/h9-15,19,33H,16-17H2,1-8H3,(H,31,34)(H,32,35). The summed E-state index contributed by atoms with van der Waals surface area (Å²) in [5, 5.41) is 9.07. The normalized spacial score (nSPS) is 12.2. The fourth-order valence-corrected chi connectivity index (χ4v) is 3.92. The van der Waals surface area contributed by atoms with Crippen molar-refractivity contribution in [3.05, 3.63) is 64.4 Å². The number of hydrogen-bond donors (Lipinski definition) is 3. The van der Waals surface area contributed by atoms with Gasteiger partial charge in [0.05, 0.1) is 11.6 Å². The number of nitrogens with one attached hydrogen (secondary N) is 3. The van der Waals surface area contributed by atoms with Crippen molar-refractivity contribution in [3.8, 4) is 0 Å². The Hall–Kier alpha value is -3.08. The number of carbonyl (C=O) groups excluding carboxylic acids is 2. The van der Waals surface area contributed by atoms with Crippen LogP contribution in [0.25, 0.3) is 0 Å². The van der Waals surface area contributed by atoms with Gasteiger partial charge in [0, 0.05) is 43.6 Å². The number of ether oxygens (including phenoxy) is 4. The molecule has 11 heteroatoms. The van der Waals surface area contributed by atoms with E-state index < -0.39 is 41.0 Å². The van der Waals surface area contributed by atoms with Crippen LogP contribution >= 0.6 is 11.6 Å². The van der Waals surface area contributed by atoms with Crippen LogP contribution in [-0.2, 0) is 24.7 Å². The van der Waals surface area contributed by atoms with Crippen LogP contribution < -0.4 is 16.0 Å². The summed E-state index contributed by atoms with van der Waals surface area (Å²) in [6, 6.07) is 10.4. The van der Waals surface area contributed by atoms with Gasteiger partial charge < -0.3 is 34.9 Å². The minimum atomic E-state index is -1.67. The highest BCUT2D eigenvalue weighted by Gasteiger charge is 2.39. The average Bonchev–Trinajstić information content (AvgIpc) is 2.82. The molecule has 0 bridgehead atoms. The third-order valence-electron chi connectivity index (χ3n) is 5.28. The molecule has 3 N–H and O–H groups in total. The lowest BCUT2D eigenvalue weighted by Crippen LogP contribution is -2.46. The van der Waals surface area contributed by atoms with Gasteiger partial charge in [-0.2, -0.15) is 0 Å². The zero-order valence-electron chi connectivity index (χ0n) is 23.7. The van der Waals surface area contributed by atoms with Crippen LogP contribution in [0.3, 0.4) is 0 Å². The molecule has 39 heavy (non-hydrogen) atoms. The number of methoxy groups -OCH3 is 2. The number of halogens is 2. The number of anilines is 1. The van der Waals surface area contributed by atoms with Crippen LogP contribution in [0.5, 0.6) is 0 Å². The van der Waals surface area contributed by atoms with E-state index in [2.05, 4.69) is 16.0 Å². The quantitative estimate of drug-likeness (QED) is 0.311. The summed E-state index contributed by atoms with van der Waals surface area (Å²) in [5.74, 6) is -2.21. The molecular weight excluding hydrogens is 529 g/mol. The molecule has 0 spiro atoms. The predicted molar refractivity (Wildman–Crippen MR) is 149 cm³/mol. The molecule has 9 nitrogen and oxygen atoms in total. The lowest BCUT2D eigenvalue weighted by molar-refractivity contribution is -0.185. The number of rotatable bonds is 10. The van der Waals surface area contributed by atoms with Crippen molar-refractivity contribution < 1.29 is 32.9 Å².